The van der Waals surface area contributed by atoms with Crippen molar-refractivity contribution < 1.29 is 19.3 Å². The van der Waals surface area contributed by atoms with Crippen LogP contribution in [0.3, 0.4) is 0 Å². The van der Waals surface area contributed by atoms with Gasteiger partial charge in [-0.05, 0) is 29.3 Å². The molecule has 3 amide bonds. The fraction of sp³-hybridized carbons (Fsp3) is 0.0455. The first kappa shape index (κ1) is 19.0. The number of hydrogen-bond acceptors (Lipinski definition) is 5. The molecule has 0 aliphatic carbocycles. The Labute approximate surface area is 170 Å². The van der Waals surface area contributed by atoms with E-state index in [1.54, 1.807) is 12.1 Å². The molecule has 4 rings (SSSR count). The van der Waals surface area contributed by atoms with Gasteiger partial charge in [0.25, 0.3) is 17.5 Å². The predicted octanol–water partition coefficient (Wildman–Crippen LogP) is 3.50. The molecule has 1 heterocycles. The second-order valence-electron chi connectivity index (χ2n) is 6.64. The Balaban J connectivity index is 1.47. The van der Waals surface area contributed by atoms with Crippen LogP contribution in [0.4, 0.5) is 11.4 Å². The molecule has 3 aromatic carbocycles. The minimum atomic E-state index is -0.850. The number of benzene rings is 3. The first-order chi connectivity index (χ1) is 14.5. The highest BCUT2D eigenvalue weighted by atomic mass is 16.6. The monoisotopic (exact) mass is 401 g/mol. The van der Waals surface area contributed by atoms with Gasteiger partial charge in [0.1, 0.15) is 12.1 Å². The van der Waals surface area contributed by atoms with Gasteiger partial charge in [-0.1, -0.05) is 48.5 Å². The van der Waals surface area contributed by atoms with Crippen LogP contribution in [0.5, 0.6) is 0 Å². The molecule has 8 nitrogen and oxygen atoms in total. The van der Waals surface area contributed by atoms with Crippen molar-refractivity contribution >= 4 is 29.1 Å². The molecule has 30 heavy (non-hydrogen) atoms. The van der Waals surface area contributed by atoms with Crippen LogP contribution in [0.2, 0.25) is 0 Å². The lowest BCUT2D eigenvalue weighted by atomic mass is 10.1. The first-order valence-electron chi connectivity index (χ1n) is 9.04. The number of nitrogens with zero attached hydrogens (tertiary/aromatic N) is 2. The average Bonchev–Trinajstić information content (AvgIpc) is 2.99. The van der Waals surface area contributed by atoms with Crippen molar-refractivity contribution in [2.75, 3.05) is 11.9 Å². The maximum absolute atomic E-state index is 12.5. The van der Waals surface area contributed by atoms with Crippen LogP contribution in [-0.4, -0.2) is 34.1 Å². The highest BCUT2D eigenvalue weighted by Crippen LogP contribution is 2.30. The molecule has 0 spiro atoms. The van der Waals surface area contributed by atoms with Gasteiger partial charge in [0.15, 0.2) is 0 Å². The number of nitrogens with one attached hydrogen (secondary N) is 1. The number of carbonyl (C=O) groups excluding carboxylic acids is 3. The average molecular weight is 401 g/mol. The second-order valence-corrected chi connectivity index (χ2v) is 6.64. The summed E-state index contributed by atoms with van der Waals surface area (Å²) in [5.74, 6) is -2.16. The van der Waals surface area contributed by atoms with E-state index in [1.165, 1.54) is 12.1 Å². The van der Waals surface area contributed by atoms with E-state index < -0.39 is 34.9 Å². The molecular formula is C22H15N3O5. The molecule has 1 aliphatic rings. The lowest BCUT2D eigenvalue weighted by Gasteiger charge is -2.13. The summed E-state index contributed by atoms with van der Waals surface area (Å²) < 4.78 is 0. The number of amides is 3. The van der Waals surface area contributed by atoms with Crippen LogP contribution in [0, 0.1) is 10.1 Å². The van der Waals surface area contributed by atoms with E-state index in [0.29, 0.717) is 10.6 Å². The Bertz CT molecular complexity index is 1170. The van der Waals surface area contributed by atoms with Crippen molar-refractivity contribution in [3.63, 3.8) is 0 Å². The highest BCUT2D eigenvalue weighted by molar-refractivity contribution is 6.24. The molecule has 8 heteroatoms. The molecule has 0 aromatic heterocycles. The van der Waals surface area contributed by atoms with Crippen LogP contribution in [0.1, 0.15) is 20.7 Å². The lowest BCUT2D eigenvalue weighted by molar-refractivity contribution is -0.385. The molecule has 0 radical (unpaired) electrons. The molecule has 0 unspecified atom stereocenters. The zero-order valence-corrected chi connectivity index (χ0v) is 15.6. The SMILES string of the molecule is O=C(CN1C(=O)c2cccc([N+](=O)[O-])c2C1=O)Nc1ccc(-c2ccccc2)cc1. The highest BCUT2D eigenvalue weighted by Gasteiger charge is 2.41. The van der Waals surface area contributed by atoms with Crippen molar-refractivity contribution in [3.05, 3.63) is 94.0 Å². The summed E-state index contributed by atoms with van der Waals surface area (Å²) in [6.07, 6.45) is 0. The summed E-state index contributed by atoms with van der Waals surface area (Å²) in [5, 5.41) is 13.8. The van der Waals surface area contributed by atoms with E-state index in [2.05, 4.69) is 5.32 Å². The van der Waals surface area contributed by atoms with Gasteiger partial charge in [-0.25, -0.2) is 0 Å². The van der Waals surface area contributed by atoms with Crippen LogP contribution in [-0.2, 0) is 4.79 Å². The van der Waals surface area contributed by atoms with Gasteiger partial charge in [0.05, 0.1) is 10.5 Å². The minimum Gasteiger partial charge on any atom is -0.325 e. The zero-order valence-electron chi connectivity index (χ0n) is 15.6. The Hall–Kier alpha value is -4.33. The molecule has 1 N–H and O–H groups in total. The maximum atomic E-state index is 12.5. The summed E-state index contributed by atoms with van der Waals surface area (Å²) in [7, 11) is 0. The molecule has 0 atom stereocenters. The number of nitro benzene ring substituents is 1. The summed E-state index contributed by atoms with van der Waals surface area (Å²) in [5.41, 5.74) is 1.69. The third-order valence-corrected chi connectivity index (χ3v) is 4.75. The smallest absolute Gasteiger partial charge is 0.282 e. The van der Waals surface area contributed by atoms with E-state index >= 15 is 0 Å². The lowest BCUT2D eigenvalue weighted by Crippen LogP contribution is -2.37. The fourth-order valence-electron chi connectivity index (χ4n) is 3.33. The second kappa shape index (κ2) is 7.59. The quantitative estimate of drug-likeness (QED) is 0.400. The van der Waals surface area contributed by atoms with Crippen LogP contribution >= 0.6 is 0 Å². The number of imide groups is 1. The molecule has 148 valence electrons. The third-order valence-electron chi connectivity index (χ3n) is 4.75. The first-order valence-corrected chi connectivity index (χ1v) is 9.04. The van der Waals surface area contributed by atoms with Crippen molar-refractivity contribution in [1.29, 1.82) is 0 Å². The summed E-state index contributed by atoms with van der Waals surface area (Å²) in [6.45, 7) is -0.538. The van der Waals surface area contributed by atoms with Crippen molar-refractivity contribution in [3.8, 4) is 11.1 Å². The van der Waals surface area contributed by atoms with E-state index in [-0.39, 0.29) is 11.1 Å². The van der Waals surface area contributed by atoms with Gasteiger partial charge in [-0.3, -0.25) is 29.4 Å². The number of anilines is 1. The van der Waals surface area contributed by atoms with Crippen molar-refractivity contribution in [2.24, 2.45) is 0 Å². The predicted molar refractivity (Wildman–Crippen MR) is 109 cm³/mol. The van der Waals surface area contributed by atoms with Crippen molar-refractivity contribution in [2.45, 2.75) is 0 Å². The van der Waals surface area contributed by atoms with Crippen LogP contribution in [0.25, 0.3) is 11.1 Å². The molecule has 0 bridgehead atoms. The zero-order chi connectivity index (χ0) is 21.3. The number of carbonyl (C=O) groups is 3. The Kier molecular flexibility index (Phi) is 4.81. The van der Waals surface area contributed by atoms with Gasteiger partial charge in [0.2, 0.25) is 5.91 Å². The van der Waals surface area contributed by atoms with Gasteiger partial charge < -0.3 is 5.32 Å². The number of nitro groups is 1. The Morgan fingerprint density at radius 2 is 1.53 bits per heavy atom. The topological polar surface area (TPSA) is 110 Å². The molecule has 0 fully saturated rings. The number of hydrogen-bond donors (Lipinski definition) is 1. The molecule has 3 aromatic rings. The van der Waals surface area contributed by atoms with Gasteiger partial charge in [0, 0.05) is 11.8 Å². The molecule has 0 saturated carbocycles. The third kappa shape index (κ3) is 3.42. The van der Waals surface area contributed by atoms with Crippen molar-refractivity contribution in [1.82, 2.24) is 4.90 Å². The summed E-state index contributed by atoms with van der Waals surface area (Å²) >= 11 is 0. The largest absolute Gasteiger partial charge is 0.325 e. The molecule has 1 aliphatic heterocycles. The van der Waals surface area contributed by atoms with E-state index in [9.17, 15) is 24.5 Å². The Morgan fingerprint density at radius 3 is 2.20 bits per heavy atom. The van der Waals surface area contributed by atoms with E-state index in [0.717, 1.165) is 17.2 Å². The van der Waals surface area contributed by atoms with E-state index in [1.807, 2.05) is 42.5 Å². The molecular weight excluding hydrogens is 386 g/mol. The summed E-state index contributed by atoms with van der Waals surface area (Å²) in [6, 6.07) is 20.7. The number of rotatable bonds is 5. The van der Waals surface area contributed by atoms with Gasteiger partial charge >= 0.3 is 0 Å². The standard InChI is InChI=1S/C22H15N3O5/c26-19(23-16-11-9-15(10-12-16)14-5-2-1-3-6-14)13-24-21(27)17-7-4-8-18(25(29)30)20(17)22(24)28/h1-12H,13H2,(H,23,26). The maximum Gasteiger partial charge on any atom is 0.282 e. The fourth-order valence-corrected chi connectivity index (χ4v) is 3.33. The van der Waals surface area contributed by atoms with Gasteiger partial charge in [-0.2, -0.15) is 0 Å². The van der Waals surface area contributed by atoms with E-state index in [4.69, 9.17) is 0 Å². The normalized spacial score (nSPS) is 12.6. The minimum absolute atomic E-state index is 0.0748. The van der Waals surface area contributed by atoms with Gasteiger partial charge in [-0.15, -0.1) is 0 Å². The van der Waals surface area contributed by atoms with Crippen LogP contribution < -0.4 is 5.32 Å². The number of fused-ring (bicyclic) bond motifs is 1. The summed E-state index contributed by atoms with van der Waals surface area (Å²) in [4.78, 5) is 48.6. The van der Waals surface area contributed by atoms with Crippen LogP contribution in [0.15, 0.2) is 72.8 Å². The molecule has 0 saturated heterocycles. The Morgan fingerprint density at radius 1 is 0.867 bits per heavy atom.